The van der Waals surface area contributed by atoms with Gasteiger partial charge in [-0.3, -0.25) is 4.79 Å². The molecule has 0 aliphatic heterocycles. The van der Waals surface area contributed by atoms with Gasteiger partial charge in [0.25, 0.3) is 5.91 Å². The summed E-state index contributed by atoms with van der Waals surface area (Å²) < 4.78 is 26.9. The Morgan fingerprint density at radius 2 is 1.61 bits per heavy atom. The van der Waals surface area contributed by atoms with E-state index in [9.17, 15) is 13.2 Å². The molecule has 6 nitrogen and oxygen atoms in total. The van der Waals surface area contributed by atoms with Crippen molar-refractivity contribution in [1.82, 2.24) is 9.62 Å². The first-order valence-electron chi connectivity index (χ1n) is 9.36. The van der Waals surface area contributed by atoms with Crippen LogP contribution in [0.1, 0.15) is 35.3 Å². The fourth-order valence-corrected chi connectivity index (χ4v) is 4.39. The number of hydrogen-bond acceptors (Lipinski definition) is 4. The number of benzene rings is 2. The van der Waals surface area contributed by atoms with Crippen LogP contribution in [0.15, 0.2) is 47.4 Å². The highest BCUT2D eigenvalue weighted by Crippen LogP contribution is 2.20. The standard InChI is InChI=1S/C21H29N3O3S/c1-6-24(7-2)28(26,27)19-13-8-16(3)20(14-19)21(25)22-15-17-9-11-18(12-10-17)23(4)5/h8-14H,6-7,15H2,1-5H3,(H,22,25). The Balaban J connectivity index is 2.19. The van der Waals surface area contributed by atoms with E-state index in [1.165, 1.54) is 10.4 Å². The van der Waals surface area contributed by atoms with Crippen molar-refractivity contribution in [2.24, 2.45) is 0 Å². The Hall–Kier alpha value is -2.38. The maximum atomic E-state index is 12.7. The minimum atomic E-state index is -3.61. The summed E-state index contributed by atoms with van der Waals surface area (Å²) in [5, 5.41) is 2.88. The van der Waals surface area contributed by atoms with Gasteiger partial charge in [-0.25, -0.2) is 8.42 Å². The van der Waals surface area contributed by atoms with Gasteiger partial charge < -0.3 is 10.2 Å². The Morgan fingerprint density at radius 3 is 2.14 bits per heavy atom. The Labute approximate surface area is 168 Å². The van der Waals surface area contributed by atoms with Crippen molar-refractivity contribution in [3.05, 3.63) is 59.2 Å². The zero-order valence-corrected chi connectivity index (χ0v) is 18.0. The summed E-state index contributed by atoms with van der Waals surface area (Å²) in [5.41, 5.74) is 3.17. The van der Waals surface area contributed by atoms with Crippen molar-refractivity contribution in [3.8, 4) is 0 Å². The molecule has 28 heavy (non-hydrogen) atoms. The van der Waals surface area contributed by atoms with E-state index in [1.54, 1.807) is 32.9 Å². The van der Waals surface area contributed by atoms with Gasteiger partial charge in [0.2, 0.25) is 10.0 Å². The Morgan fingerprint density at radius 1 is 1.00 bits per heavy atom. The van der Waals surface area contributed by atoms with Crippen molar-refractivity contribution in [1.29, 1.82) is 0 Å². The van der Waals surface area contributed by atoms with Gasteiger partial charge in [-0.15, -0.1) is 0 Å². The van der Waals surface area contributed by atoms with Crippen LogP contribution >= 0.6 is 0 Å². The number of carbonyl (C=O) groups excluding carboxylic acids is 1. The third-order valence-electron chi connectivity index (χ3n) is 4.70. The molecular weight excluding hydrogens is 374 g/mol. The zero-order valence-electron chi connectivity index (χ0n) is 17.2. The number of rotatable bonds is 8. The third kappa shape index (κ3) is 4.91. The van der Waals surface area contributed by atoms with E-state index in [-0.39, 0.29) is 10.8 Å². The van der Waals surface area contributed by atoms with Gasteiger partial charge in [-0.1, -0.05) is 32.0 Å². The van der Waals surface area contributed by atoms with E-state index >= 15 is 0 Å². The number of nitrogens with zero attached hydrogens (tertiary/aromatic N) is 2. The minimum absolute atomic E-state index is 0.141. The number of aryl methyl sites for hydroxylation is 1. The first-order chi connectivity index (χ1) is 13.2. The van der Waals surface area contributed by atoms with Crippen LogP contribution in [0, 0.1) is 6.92 Å². The van der Waals surface area contributed by atoms with Gasteiger partial charge in [0, 0.05) is 45.0 Å². The molecule has 0 heterocycles. The Bertz CT molecular complexity index is 918. The molecule has 2 rings (SSSR count). The summed E-state index contributed by atoms with van der Waals surface area (Å²) in [6.45, 7) is 6.54. The molecule has 7 heteroatoms. The zero-order chi connectivity index (χ0) is 20.9. The number of carbonyl (C=O) groups is 1. The van der Waals surface area contributed by atoms with E-state index in [0.29, 0.717) is 25.2 Å². The second kappa shape index (κ2) is 9.21. The number of hydrogen-bond donors (Lipinski definition) is 1. The summed E-state index contributed by atoms with van der Waals surface area (Å²) in [5.74, 6) is -0.286. The van der Waals surface area contributed by atoms with Gasteiger partial charge in [-0.05, 0) is 42.3 Å². The van der Waals surface area contributed by atoms with Gasteiger partial charge in [-0.2, -0.15) is 4.31 Å². The summed E-state index contributed by atoms with van der Waals surface area (Å²) in [7, 11) is 0.337. The molecule has 0 bridgehead atoms. The second-order valence-electron chi connectivity index (χ2n) is 6.81. The number of anilines is 1. The van der Waals surface area contributed by atoms with Crippen molar-refractivity contribution in [3.63, 3.8) is 0 Å². The van der Waals surface area contributed by atoms with Crippen LogP contribution < -0.4 is 10.2 Å². The average Bonchev–Trinajstić information content (AvgIpc) is 2.67. The fourth-order valence-electron chi connectivity index (χ4n) is 2.91. The molecule has 2 aromatic carbocycles. The topological polar surface area (TPSA) is 69.7 Å². The molecule has 0 spiro atoms. The van der Waals surface area contributed by atoms with E-state index < -0.39 is 10.0 Å². The number of nitrogens with one attached hydrogen (secondary N) is 1. The van der Waals surface area contributed by atoms with Crippen molar-refractivity contribution < 1.29 is 13.2 Å². The number of sulfonamides is 1. The highest BCUT2D eigenvalue weighted by atomic mass is 32.2. The lowest BCUT2D eigenvalue weighted by Gasteiger charge is -2.19. The Kier molecular flexibility index (Phi) is 7.21. The summed E-state index contributed by atoms with van der Waals surface area (Å²) in [4.78, 5) is 14.8. The molecule has 1 amide bonds. The normalized spacial score (nSPS) is 11.5. The first-order valence-corrected chi connectivity index (χ1v) is 10.8. The maximum Gasteiger partial charge on any atom is 0.251 e. The van der Waals surface area contributed by atoms with Gasteiger partial charge in [0.05, 0.1) is 4.90 Å². The SMILES string of the molecule is CCN(CC)S(=O)(=O)c1ccc(C)c(C(=O)NCc2ccc(N(C)C)cc2)c1. The first kappa shape index (κ1) is 21.9. The molecule has 0 radical (unpaired) electrons. The monoisotopic (exact) mass is 403 g/mol. The molecule has 0 aliphatic carbocycles. The van der Waals surface area contributed by atoms with Crippen LogP contribution in [0.5, 0.6) is 0 Å². The lowest BCUT2D eigenvalue weighted by molar-refractivity contribution is 0.0950. The van der Waals surface area contributed by atoms with Crippen molar-refractivity contribution >= 4 is 21.6 Å². The van der Waals surface area contributed by atoms with Crippen LogP contribution in [-0.2, 0) is 16.6 Å². The molecule has 0 unspecified atom stereocenters. The van der Waals surface area contributed by atoms with Gasteiger partial charge >= 0.3 is 0 Å². The van der Waals surface area contributed by atoms with Crippen molar-refractivity contribution in [2.45, 2.75) is 32.2 Å². The largest absolute Gasteiger partial charge is 0.378 e. The summed E-state index contributed by atoms with van der Waals surface area (Å²) in [6.07, 6.45) is 0. The van der Waals surface area contributed by atoms with E-state index in [1.807, 2.05) is 43.3 Å². The summed E-state index contributed by atoms with van der Waals surface area (Å²) in [6, 6.07) is 12.6. The predicted molar refractivity (Wildman–Crippen MR) is 113 cm³/mol. The van der Waals surface area contributed by atoms with Gasteiger partial charge in [0.1, 0.15) is 0 Å². The third-order valence-corrected chi connectivity index (χ3v) is 6.75. The molecule has 152 valence electrons. The van der Waals surface area contributed by atoms with Crippen LogP contribution in [0.3, 0.4) is 0 Å². The van der Waals surface area contributed by atoms with E-state index in [4.69, 9.17) is 0 Å². The van der Waals surface area contributed by atoms with E-state index in [2.05, 4.69) is 5.32 Å². The van der Waals surface area contributed by atoms with E-state index in [0.717, 1.165) is 16.8 Å². The van der Waals surface area contributed by atoms with Crippen molar-refractivity contribution in [2.75, 3.05) is 32.1 Å². The number of amides is 1. The fraction of sp³-hybridized carbons (Fsp3) is 0.381. The molecule has 0 fully saturated rings. The average molecular weight is 404 g/mol. The molecule has 0 atom stereocenters. The lowest BCUT2D eigenvalue weighted by atomic mass is 10.1. The second-order valence-corrected chi connectivity index (χ2v) is 8.75. The molecule has 0 saturated heterocycles. The molecule has 1 N–H and O–H groups in total. The maximum absolute atomic E-state index is 12.7. The highest BCUT2D eigenvalue weighted by molar-refractivity contribution is 7.89. The van der Waals surface area contributed by atoms with Crippen LogP contribution in [0.2, 0.25) is 0 Å². The quantitative estimate of drug-likeness (QED) is 0.736. The molecule has 2 aromatic rings. The van der Waals surface area contributed by atoms with Gasteiger partial charge in [0.15, 0.2) is 0 Å². The lowest BCUT2D eigenvalue weighted by Crippen LogP contribution is -2.31. The summed E-state index contributed by atoms with van der Waals surface area (Å²) >= 11 is 0. The van der Waals surface area contributed by atoms with Crippen LogP contribution in [0.4, 0.5) is 5.69 Å². The van der Waals surface area contributed by atoms with Crippen LogP contribution in [0.25, 0.3) is 0 Å². The molecule has 0 saturated carbocycles. The predicted octanol–water partition coefficient (Wildman–Crippen LogP) is 3.02. The minimum Gasteiger partial charge on any atom is -0.378 e. The van der Waals surface area contributed by atoms with Crippen LogP contribution in [-0.4, -0.2) is 45.8 Å². The highest BCUT2D eigenvalue weighted by Gasteiger charge is 2.23. The smallest absolute Gasteiger partial charge is 0.251 e. The molecular formula is C21H29N3O3S. The molecule has 0 aliphatic rings. The molecule has 0 aromatic heterocycles.